The van der Waals surface area contributed by atoms with Gasteiger partial charge in [0.05, 0.1) is 6.04 Å². The van der Waals surface area contributed by atoms with Gasteiger partial charge in [-0.2, -0.15) is 19.6 Å². The molecular weight excluding hydrogens is 309 g/mol. The SMILES string of the molecule is CC(c1cccc(Cl)c1)N(C)c1cc(Cl)nc2ncnn12. The van der Waals surface area contributed by atoms with Gasteiger partial charge < -0.3 is 4.90 Å². The molecule has 1 aromatic carbocycles. The van der Waals surface area contributed by atoms with E-state index in [2.05, 4.69) is 26.9 Å². The molecule has 7 heteroatoms. The molecule has 0 aliphatic carbocycles. The Morgan fingerprint density at radius 1 is 1.24 bits per heavy atom. The van der Waals surface area contributed by atoms with Gasteiger partial charge in [0.2, 0.25) is 0 Å². The largest absolute Gasteiger partial charge is 0.353 e. The highest BCUT2D eigenvalue weighted by atomic mass is 35.5. The molecular formula is C14H13Cl2N5. The maximum absolute atomic E-state index is 6.07. The van der Waals surface area contributed by atoms with Crippen LogP contribution in [0.2, 0.25) is 10.2 Å². The lowest BCUT2D eigenvalue weighted by Gasteiger charge is -2.27. The molecule has 0 bridgehead atoms. The van der Waals surface area contributed by atoms with E-state index in [0.29, 0.717) is 16.0 Å². The molecule has 2 aromatic heterocycles. The Labute approximate surface area is 132 Å². The fraction of sp³-hybridized carbons (Fsp3) is 0.214. The summed E-state index contributed by atoms with van der Waals surface area (Å²) in [7, 11) is 1.97. The minimum atomic E-state index is 0.0922. The van der Waals surface area contributed by atoms with Crippen molar-refractivity contribution in [1.82, 2.24) is 19.6 Å². The Balaban J connectivity index is 2.03. The van der Waals surface area contributed by atoms with E-state index in [4.69, 9.17) is 23.2 Å². The number of halogens is 2. The molecule has 3 aromatic rings. The van der Waals surface area contributed by atoms with Gasteiger partial charge in [-0.15, -0.1) is 0 Å². The van der Waals surface area contributed by atoms with Crippen molar-refractivity contribution in [1.29, 1.82) is 0 Å². The zero-order valence-electron chi connectivity index (χ0n) is 11.5. The van der Waals surface area contributed by atoms with Crippen molar-refractivity contribution >= 4 is 34.8 Å². The number of nitrogens with zero attached hydrogens (tertiary/aromatic N) is 5. The summed E-state index contributed by atoms with van der Waals surface area (Å²) >= 11 is 12.1. The minimum absolute atomic E-state index is 0.0922. The molecule has 108 valence electrons. The molecule has 0 spiro atoms. The van der Waals surface area contributed by atoms with E-state index in [-0.39, 0.29) is 6.04 Å². The number of aromatic nitrogens is 4. The average molecular weight is 322 g/mol. The van der Waals surface area contributed by atoms with Crippen LogP contribution in [0, 0.1) is 0 Å². The van der Waals surface area contributed by atoms with E-state index in [0.717, 1.165) is 11.4 Å². The van der Waals surface area contributed by atoms with Gasteiger partial charge in [0.15, 0.2) is 0 Å². The van der Waals surface area contributed by atoms with Crippen molar-refractivity contribution in [2.75, 3.05) is 11.9 Å². The van der Waals surface area contributed by atoms with Crippen molar-refractivity contribution in [2.24, 2.45) is 0 Å². The van der Waals surface area contributed by atoms with Crippen LogP contribution in [0.4, 0.5) is 5.82 Å². The lowest BCUT2D eigenvalue weighted by atomic mass is 10.1. The molecule has 0 amide bonds. The molecule has 2 heterocycles. The highest BCUT2D eigenvalue weighted by molar-refractivity contribution is 6.30. The van der Waals surface area contributed by atoms with Crippen LogP contribution in [0.1, 0.15) is 18.5 Å². The molecule has 0 N–H and O–H groups in total. The summed E-state index contributed by atoms with van der Waals surface area (Å²) in [5, 5.41) is 5.29. The predicted molar refractivity (Wildman–Crippen MR) is 84.1 cm³/mol. The van der Waals surface area contributed by atoms with Gasteiger partial charge in [-0.3, -0.25) is 0 Å². The van der Waals surface area contributed by atoms with E-state index < -0.39 is 0 Å². The maximum atomic E-state index is 6.07. The van der Waals surface area contributed by atoms with Gasteiger partial charge in [0.1, 0.15) is 17.3 Å². The standard InChI is InChI=1S/C14H13Cl2N5/c1-9(10-4-3-5-11(15)6-10)20(2)13-7-12(16)19-14-17-8-18-21(13)14/h3-9H,1-2H3. The summed E-state index contributed by atoms with van der Waals surface area (Å²) in [6.07, 6.45) is 1.46. The molecule has 0 saturated carbocycles. The van der Waals surface area contributed by atoms with Gasteiger partial charge >= 0.3 is 0 Å². The first kappa shape index (κ1) is 14.1. The topological polar surface area (TPSA) is 46.3 Å². The van der Waals surface area contributed by atoms with Gasteiger partial charge in [0.25, 0.3) is 5.78 Å². The molecule has 0 aliphatic rings. The molecule has 21 heavy (non-hydrogen) atoms. The number of hydrogen-bond donors (Lipinski definition) is 0. The van der Waals surface area contributed by atoms with E-state index in [1.807, 2.05) is 31.3 Å². The lowest BCUT2D eigenvalue weighted by Crippen LogP contribution is -2.24. The van der Waals surface area contributed by atoms with Crippen molar-refractivity contribution in [3.63, 3.8) is 0 Å². The predicted octanol–water partition coefficient (Wildman–Crippen LogP) is 3.63. The second kappa shape index (κ2) is 5.50. The van der Waals surface area contributed by atoms with E-state index in [1.165, 1.54) is 6.33 Å². The van der Waals surface area contributed by atoms with Crippen molar-refractivity contribution in [3.8, 4) is 0 Å². The molecule has 1 atom stereocenters. The fourth-order valence-electron chi connectivity index (χ4n) is 2.21. The smallest absolute Gasteiger partial charge is 0.255 e. The molecule has 0 radical (unpaired) electrons. The third kappa shape index (κ3) is 2.66. The van der Waals surface area contributed by atoms with Crippen LogP contribution in [0.5, 0.6) is 0 Å². The zero-order chi connectivity index (χ0) is 15.0. The van der Waals surface area contributed by atoms with Crippen LogP contribution in [-0.4, -0.2) is 26.6 Å². The van der Waals surface area contributed by atoms with Crippen LogP contribution in [0.15, 0.2) is 36.7 Å². The van der Waals surface area contributed by atoms with E-state index in [9.17, 15) is 0 Å². The number of benzene rings is 1. The van der Waals surface area contributed by atoms with Crippen LogP contribution in [0.3, 0.4) is 0 Å². The Morgan fingerprint density at radius 3 is 2.81 bits per heavy atom. The van der Waals surface area contributed by atoms with Crippen molar-refractivity contribution in [3.05, 3.63) is 52.4 Å². The van der Waals surface area contributed by atoms with E-state index in [1.54, 1.807) is 10.6 Å². The third-order valence-electron chi connectivity index (χ3n) is 3.48. The van der Waals surface area contributed by atoms with Gasteiger partial charge in [-0.05, 0) is 24.6 Å². The Kier molecular flexibility index (Phi) is 3.69. The second-order valence-electron chi connectivity index (χ2n) is 4.75. The second-order valence-corrected chi connectivity index (χ2v) is 5.57. The summed E-state index contributed by atoms with van der Waals surface area (Å²) in [5.41, 5.74) is 1.10. The van der Waals surface area contributed by atoms with Crippen LogP contribution < -0.4 is 4.90 Å². The maximum Gasteiger partial charge on any atom is 0.255 e. The normalized spacial score (nSPS) is 12.6. The Bertz CT molecular complexity index is 786. The molecule has 0 saturated heterocycles. The molecule has 3 rings (SSSR count). The van der Waals surface area contributed by atoms with Crippen LogP contribution >= 0.6 is 23.2 Å². The summed E-state index contributed by atoms with van der Waals surface area (Å²) in [5.74, 6) is 1.29. The fourth-order valence-corrected chi connectivity index (χ4v) is 2.58. The number of anilines is 1. The molecule has 5 nitrogen and oxygen atoms in total. The Hall–Kier alpha value is -1.85. The summed E-state index contributed by atoms with van der Waals surface area (Å²) < 4.78 is 1.66. The monoisotopic (exact) mass is 321 g/mol. The van der Waals surface area contributed by atoms with Gasteiger partial charge in [-0.25, -0.2) is 0 Å². The first-order valence-corrected chi connectivity index (χ1v) is 7.16. The summed E-state index contributed by atoms with van der Waals surface area (Å²) in [6, 6.07) is 9.64. The quantitative estimate of drug-likeness (QED) is 0.691. The van der Waals surface area contributed by atoms with Crippen LogP contribution in [0.25, 0.3) is 5.78 Å². The summed E-state index contributed by atoms with van der Waals surface area (Å²) in [6.45, 7) is 2.09. The van der Waals surface area contributed by atoms with E-state index >= 15 is 0 Å². The molecule has 0 aliphatic heterocycles. The molecule has 1 unspecified atom stereocenters. The first-order chi connectivity index (χ1) is 10.1. The third-order valence-corrected chi connectivity index (χ3v) is 3.90. The Morgan fingerprint density at radius 2 is 2.05 bits per heavy atom. The molecule has 0 fully saturated rings. The number of fused-ring (bicyclic) bond motifs is 1. The zero-order valence-corrected chi connectivity index (χ0v) is 13.0. The lowest BCUT2D eigenvalue weighted by molar-refractivity contribution is 0.710. The van der Waals surface area contributed by atoms with Gasteiger partial charge in [0, 0.05) is 18.1 Å². The average Bonchev–Trinajstić information content (AvgIpc) is 2.93. The summed E-state index contributed by atoms with van der Waals surface area (Å²) in [4.78, 5) is 10.3. The van der Waals surface area contributed by atoms with Gasteiger partial charge in [-0.1, -0.05) is 35.3 Å². The first-order valence-electron chi connectivity index (χ1n) is 6.41. The number of hydrogen-bond acceptors (Lipinski definition) is 4. The number of rotatable bonds is 3. The highest BCUT2D eigenvalue weighted by Crippen LogP contribution is 2.27. The minimum Gasteiger partial charge on any atom is -0.353 e. The van der Waals surface area contributed by atoms with Crippen molar-refractivity contribution < 1.29 is 0 Å². The van der Waals surface area contributed by atoms with Crippen molar-refractivity contribution in [2.45, 2.75) is 13.0 Å². The van der Waals surface area contributed by atoms with Crippen LogP contribution in [-0.2, 0) is 0 Å². The highest BCUT2D eigenvalue weighted by Gasteiger charge is 2.17.